The van der Waals surface area contributed by atoms with E-state index in [0.29, 0.717) is 17.5 Å². The fourth-order valence-electron chi connectivity index (χ4n) is 3.22. The highest BCUT2D eigenvalue weighted by Gasteiger charge is 2.14. The molecule has 1 N–H and O–H groups in total. The molecule has 6 heteroatoms. The Balaban J connectivity index is 1.54. The first kappa shape index (κ1) is 20.1. The molecule has 0 fully saturated rings. The van der Waals surface area contributed by atoms with Crippen LogP contribution in [0.2, 0.25) is 0 Å². The van der Waals surface area contributed by atoms with Gasteiger partial charge < -0.3 is 9.73 Å². The molecule has 28 heavy (non-hydrogen) atoms. The highest BCUT2D eigenvalue weighted by atomic mass is 32.2. The van der Waals surface area contributed by atoms with Gasteiger partial charge in [-0.05, 0) is 43.4 Å². The number of aryl methyl sites for hydroxylation is 3. The smallest absolute Gasteiger partial charge is 0.277 e. The van der Waals surface area contributed by atoms with Crippen molar-refractivity contribution in [1.82, 2.24) is 10.2 Å². The lowest BCUT2D eigenvalue weighted by molar-refractivity contribution is -0.113. The van der Waals surface area contributed by atoms with Gasteiger partial charge in [-0.2, -0.15) is 0 Å². The van der Waals surface area contributed by atoms with E-state index in [-0.39, 0.29) is 17.6 Å². The lowest BCUT2D eigenvalue weighted by Crippen LogP contribution is -2.15. The van der Waals surface area contributed by atoms with Crippen LogP contribution in [0.15, 0.2) is 52.1 Å². The predicted molar refractivity (Wildman–Crippen MR) is 113 cm³/mol. The van der Waals surface area contributed by atoms with E-state index in [2.05, 4.69) is 46.7 Å². The van der Waals surface area contributed by atoms with Gasteiger partial charge in [0.15, 0.2) is 0 Å². The summed E-state index contributed by atoms with van der Waals surface area (Å²) in [5, 5.41) is 11.6. The summed E-state index contributed by atoms with van der Waals surface area (Å²) in [6.45, 7) is 8.18. The Hall–Kier alpha value is -2.60. The standard InChI is InChI=1S/C22H25N3O2S/c1-14-10-16(3)21(17(4)11-14)23-19(26)13-28-22-25-24-20(27-22)12-15(2)18-8-6-5-7-9-18/h5-11,15H,12-13H2,1-4H3,(H,23,26). The highest BCUT2D eigenvalue weighted by Crippen LogP contribution is 2.24. The SMILES string of the molecule is Cc1cc(C)c(NC(=O)CSc2nnc(CC(C)c3ccccc3)o2)c(C)c1. The third-order valence-corrected chi connectivity index (χ3v) is 5.38. The van der Waals surface area contributed by atoms with Gasteiger partial charge in [-0.25, -0.2) is 0 Å². The van der Waals surface area contributed by atoms with Gasteiger partial charge in [-0.1, -0.05) is 66.7 Å². The van der Waals surface area contributed by atoms with Crippen molar-refractivity contribution in [3.8, 4) is 0 Å². The van der Waals surface area contributed by atoms with Crippen LogP contribution in [0.3, 0.4) is 0 Å². The van der Waals surface area contributed by atoms with Crippen LogP contribution in [0.1, 0.15) is 41.0 Å². The first-order valence-electron chi connectivity index (χ1n) is 9.30. The van der Waals surface area contributed by atoms with Gasteiger partial charge in [-0.15, -0.1) is 10.2 Å². The van der Waals surface area contributed by atoms with Crippen molar-refractivity contribution in [1.29, 1.82) is 0 Å². The first-order chi connectivity index (χ1) is 13.4. The summed E-state index contributed by atoms with van der Waals surface area (Å²) in [6.07, 6.45) is 0.672. The highest BCUT2D eigenvalue weighted by molar-refractivity contribution is 7.99. The first-order valence-corrected chi connectivity index (χ1v) is 10.3. The minimum absolute atomic E-state index is 0.0857. The second kappa shape index (κ2) is 9.06. The molecule has 0 saturated heterocycles. The largest absolute Gasteiger partial charge is 0.416 e. The number of hydrogen-bond donors (Lipinski definition) is 1. The van der Waals surface area contributed by atoms with E-state index in [1.54, 1.807) is 0 Å². The lowest BCUT2D eigenvalue weighted by Gasteiger charge is -2.12. The Morgan fingerprint density at radius 1 is 1.11 bits per heavy atom. The Bertz CT molecular complexity index is 930. The lowest BCUT2D eigenvalue weighted by atomic mass is 9.98. The Morgan fingerprint density at radius 3 is 2.46 bits per heavy atom. The molecule has 3 rings (SSSR count). The van der Waals surface area contributed by atoms with Crippen LogP contribution >= 0.6 is 11.8 Å². The molecule has 1 aromatic heterocycles. The monoisotopic (exact) mass is 395 g/mol. The molecule has 3 aromatic rings. The van der Waals surface area contributed by atoms with Crippen LogP contribution in [-0.2, 0) is 11.2 Å². The van der Waals surface area contributed by atoms with E-state index in [1.165, 1.54) is 22.9 Å². The summed E-state index contributed by atoms with van der Waals surface area (Å²) in [7, 11) is 0. The van der Waals surface area contributed by atoms with Gasteiger partial charge in [0.25, 0.3) is 5.22 Å². The number of nitrogens with one attached hydrogen (secondary N) is 1. The van der Waals surface area contributed by atoms with Gasteiger partial charge in [0, 0.05) is 12.1 Å². The molecular weight excluding hydrogens is 370 g/mol. The summed E-state index contributed by atoms with van der Waals surface area (Å²) in [5.41, 5.74) is 5.42. The summed E-state index contributed by atoms with van der Waals surface area (Å²) >= 11 is 1.25. The molecule has 1 unspecified atom stereocenters. The molecule has 0 aliphatic rings. The molecule has 2 aromatic carbocycles. The Morgan fingerprint density at radius 2 is 1.79 bits per heavy atom. The Kier molecular flexibility index (Phi) is 6.52. The zero-order valence-corrected chi connectivity index (χ0v) is 17.5. The van der Waals surface area contributed by atoms with Gasteiger partial charge >= 0.3 is 0 Å². The topological polar surface area (TPSA) is 68.0 Å². The van der Waals surface area contributed by atoms with E-state index < -0.39 is 0 Å². The summed E-state index contributed by atoms with van der Waals surface area (Å²) in [5.74, 6) is 1.01. The zero-order chi connectivity index (χ0) is 20.1. The van der Waals surface area contributed by atoms with Crippen LogP contribution in [0, 0.1) is 20.8 Å². The van der Waals surface area contributed by atoms with Crippen LogP contribution in [0.5, 0.6) is 0 Å². The molecule has 1 heterocycles. The molecule has 0 radical (unpaired) electrons. The maximum Gasteiger partial charge on any atom is 0.277 e. The normalized spacial score (nSPS) is 12.0. The van der Waals surface area contributed by atoms with Crippen LogP contribution < -0.4 is 5.32 Å². The van der Waals surface area contributed by atoms with E-state index >= 15 is 0 Å². The molecule has 1 atom stereocenters. The van der Waals surface area contributed by atoms with Gasteiger partial charge in [0.05, 0.1) is 5.75 Å². The number of anilines is 1. The molecule has 0 saturated carbocycles. The average Bonchev–Trinajstić information content (AvgIpc) is 3.11. The number of amides is 1. The van der Waals surface area contributed by atoms with Crippen LogP contribution in [0.4, 0.5) is 5.69 Å². The van der Waals surface area contributed by atoms with Crippen molar-refractivity contribution < 1.29 is 9.21 Å². The molecule has 0 spiro atoms. The molecule has 146 valence electrons. The van der Waals surface area contributed by atoms with E-state index in [1.807, 2.05) is 39.0 Å². The van der Waals surface area contributed by atoms with Crippen molar-refractivity contribution in [3.63, 3.8) is 0 Å². The fraction of sp³-hybridized carbons (Fsp3) is 0.318. The minimum Gasteiger partial charge on any atom is -0.416 e. The minimum atomic E-state index is -0.0857. The third kappa shape index (κ3) is 5.23. The van der Waals surface area contributed by atoms with Crippen LogP contribution in [-0.4, -0.2) is 21.9 Å². The summed E-state index contributed by atoms with van der Waals surface area (Å²) in [6, 6.07) is 14.4. The molecule has 1 amide bonds. The fourth-order valence-corrected chi connectivity index (χ4v) is 3.80. The van der Waals surface area contributed by atoms with Crippen molar-refractivity contribution in [2.75, 3.05) is 11.1 Å². The number of nitrogens with zero attached hydrogens (tertiary/aromatic N) is 2. The number of thioether (sulfide) groups is 1. The zero-order valence-electron chi connectivity index (χ0n) is 16.7. The number of carbonyl (C=O) groups excluding carboxylic acids is 1. The summed E-state index contributed by atoms with van der Waals surface area (Å²) < 4.78 is 5.70. The second-order valence-corrected chi connectivity index (χ2v) is 8.01. The molecule has 0 aliphatic heterocycles. The quantitative estimate of drug-likeness (QED) is 0.566. The van der Waals surface area contributed by atoms with Crippen molar-refractivity contribution in [2.45, 2.75) is 45.3 Å². The molecule has 5 nitrogen and oxygen atoms in total. The van der Waals surface area contributed by atoms with Crippen molar-refractivity contribution in [3.05, 3.63) is 70.6 Å². The van der Waals surface area contributed by atoms with Gasteiger partial charge in [-0.3, -0.25) is 4.79 Å². The predicted octanol–water partition coefficient (Wildman–Crippen LogP) is 5.07. The molecule has 0 bridgehead atoms. The second-order valence-electron chi connectivity index (χ2n) is 7.09. The number of rotatable bonds is 7. The average molecular weight is 396 g/mol. The van der Waals surface area contributed by atoms with Crippen molar-refractivity contribution in [2.24, 2.45) is 0 Å². The molecular formula is C22H25N3O2S. The summed E-state index contributed by atoms with van der Waals surface area (Å²) in [4.78, 5) is 12.3. The number of benzene rings is 2. The van der Waals surface area contributed by atoms with Gasteiger partial charge in [0.1, 0.15) is 0 Å². The van der Waals surface area contributed by atoms with E-state index in [0.717, 1.165) is 16.8 Å². The Labute approximate surface area is 170 Å². The number of hydrogen-bond acceptors (Lipinski definition) is 5. The number of carbonyl (C=O) groups is 1. The molecule has 0 aliphatic carbocycles. The third-order valence-electron chi connectivity index (χ3n) is 4.57. The maximum absolute atomic E-state index is 12.3. The maximum atomic E-state index is 12.3. The van der Waals surface area contributed by atoms with Gasteiger partial charge in [0.2, 0.25) is 11.8 Å². The number of aromatic nitrogens is 2. The van der Waals surface area contributed by atoms with Crippen LogP contribution in [0.25, 0.3) is 0 Å². The van der Waals surface area contributed by atoms with Crippen molar-refractivity contribution >= 4 is 23.4 Å². The van der Waals surface area contributed by atoms with E-state index in [4.69, 9.17) is 4.42 Å². The van der Waals surface area contributed by atoms with E-state index in [9.17, 15) is 4.79 Å².